The first-order valence-corrected chi connectivity index (χ1v) is 8.21. The van der Waals surface area contributed by atoms with Crippen molar-refractivity contribution in [2.75, 3.05) is 13.1 Å². The number of hydrogen-bond donors (Lipinski definition) is 1. The van der Waals surface area contributed by atoms with Gasteiger partial charge in [0.1, 0.15) is 11.5 Å². The van der Waals surface area contributed by atoms with E-state index < -0.39 is 16.3 Å². The first kappa shape index (κ1) is 15.5. The monoisotopic (exact) mass is 302 g/mol. The number of nitrogens with one attached hydrogen (secondary N) is 1. The van der Waals surface area contributed by atoms with Crippen molar-refractivity contribution in [3.8, 4) is 0 Å². The number of furan rings is 1. The Bertz CT molecular complexity index is 544. The van der Waals surface area contributed by atoms with E-state index in [1.165, 1.54) is 4.31 Å². The zero-order valence-corrected chi connectivity index (χ0v) is 13.1. The smallest absolute Gasteiger partial charge is 0.280 e. The SMILES string of the molecule is Cc1ccc([C@H](C)NS(=O)(=O)N2C[C@H](C)O[C@@H](C)C2)o1. The van der Waals surface area contributed by atoms with Crippen LogP contribution >= 0.6 is 0 Å². The molecule has 0 amide bonds. The van der Waals surface area contributed by atoms with E-state index in [1.54, 1.807) is 13.0 Å². The molecule has 1 aromatic rings. The molecule has 0 saturated carbocycles. The van der Waals surface area contributed by atoms with Gasteiger partial charge in [0.05, 0.1) is 18.2 Å². The van der Waals surface area contributed by atoms with Crippen LogP contribution in [0, 0.1) is 6.92 Å². The second-order valence-corrected chi connectivity index (χ2v) is 7.07. The quantitative estimate of drug-likeness (QED) is 0.917. The Hall–Kier alpha value is -0.890. The number of rotatable bonds is 4. The Labute approximate surface area is 120 Å². The van der Waals surface area contributed by atoms with Gasteiger partial charge in [0.25, 0.3) is 10.2 Å². The molecular weight excluding hydrogens is 280 g/mol. The van der Waals surface area contributed by atoms with Gasteiger partial charge in [-0.1, -0.05) is 0 Å². The van der Waals surface area contributed by atoms with Gasteiger partial charge in [0.2, 0.25) is 0 Å². The summed E-state index contributed by atoms with van der Waals surface area (Å²) in [5.74, 6) is 1.38. The fraction of sp³-hybridized carbons (Fsp3) is 0.692. The molecule has 1 saturated heterocycles. The van der Waals surface area contributed by atoms with Crippen LogP contribution in [0.5, 0.6) is 0 Å². The van der Waals surface area contributed by atoms with Crippen LogP contribution in [0.25, 0.3) is 0 Å². The van der Waals surface area contributed by atoms with Gasteiger partial charge in [-0.05, 0) is 39.8 Å². The minimum absolute atomic E-state index is 0.100. The second-order valence-electron chi connectivity index (χ2n) is 5.37. The molecule has 1 aliphatic heterocycles. The number of nitrogens with zero attached hydrogens (tertiary/aromatic N) is 1. The van der Waals surface area contributed by atoms with Crippen LogP contribution in [-0.2, 0) is 14.9 Å². The molecule has 2 heterocycles. The van der Waals surface area contributed by atoms with Gasteiger partial charge in [0, 0.05) is 13.1 Å². The Morgan fingerprint density at radius 1 is 1.30 bits per heavy atom. The second kappa shape index (κ2) is 5.85. The normalized spacial score (nSPS) is 26.6. The summed E-state index contributed by atoms with van der Waals surface area (Å²) in [6.45, 7) is 8.07. The van der Waals surface area contributed by atoms with Gasteiger partial charge in [-0.2, -0.15) is 17.4 Å². The molecule has 0 radical (unpaired) electrons. The maximum Gasteiger partial charge on any atom is 0.280 e. The van der Waals surface area contributed by atoms with Gasteiger partial charge in [-0.15, -0.1) is 0 Å². The first-order chi connectivity index (χ1) is 9.28. The van der Waals surface area contributed by atoms with Gasteiger partial charge in [-0.25, -0.2) is 0 Å². The van der Waals surface area contributed by atoms with Crippen molar-refractivity contribution < 1.29 is 17.6 Å². The van der Waals surface area contributed by atoms with Gasteiger partial charge < -0.3 is 9.15 Å². The lowest BCUT2D eigenvalue weighted by molar-refractivity contribution is -0.0444. The lowest BCUT2D eigenvalue weighted by Crippen LogP contribution is -2.52. The Kier molecular flexibility index (Phi) is 4.53. The van der Waals surface area contributed by atoms with Crippen molar-refractivity contribution in [2.24, 2.45) is 0 Å². The molecule has 6 nitrogen and oxygen atoms in total. The highest BCUT2D eigenvalue weighted by Crippen LogP contribution is 2.19. The zero-order chi connectivity index (χ0) is 14.9. The van der Waals surface area contributed by atoms with E-state index in [-0.39, 0.29) is 12.2 Å². The molecule has 7 heteroatoms. The summed E-state index contributed by atoms with van der Waals surface area (Å²) in [6, 6.07) is 3.20. The summed E-state index contributed by atoms with van der Waals surface area (Å²) in [6.07, 6.45) is -0.201. The fourth-order valence-corrected chi connectivity index (χ4v) is 3.89. The van der Waals surface area contributed by atoms with E-state index in [0.717, 1.165) is 5.76 Å². The van der Waals surface area contributed by atoms with E-state index in [1.807, 2.05) is 26.8 Å². The Balaban J connectivity index is 2.07. The Morgan fingerprint density at radius 3 is 2.40 bits per heavy atom. The summed E-state index contributed by atoms with van der Waals surface area (Å²) in [7, 11) is -3.54. The highest BCUT2D eigenvalue weighted by atomic mass is 32.2. The van der Waals surface area contributed by atoms with Gasteiger partial charge in [-0.3, -0.25) is 0 Å². The number of hydrogen-bond acceptors (Lipinski definition) is 4. The number of morpholine rings is 1. The lowest BCUT2D eigenvalue weighted by atomic mass is 10.3. The maximum atomic E-state index is 12.4. The molecule has 1 fully saturated rings. The summed E-state index contributed by atoms with van der Waals surface area (Å²) >= 11 is 0. The van der Waals surface area contributed by atoms with Gasteiger partial charge >= 0.3 is 0 Å². The van der Waals surface area contributed by atoms with Crippen LogP contribution in [0.15, 0.2) is 16.5 Å². The third-order valence-electron chi connectivity index (χ3n) is 3.24. The predicted molar refractivity (Wildman–Crippen MR) is 75.5 cm³/mol. The van der Waals surface area contributed by atoms with E-state index >= 15 is 0 Å². The maximum absolute atomic E-state index is 12.4. The molecule has 1 N–H and O–H groups in total. The fourth-order valence-electron chi connectivity index (χ4n) is 2.37. The summed E-state index contributed by atoms with van der Waals surface area (Å²) in [5.41, 5.74) is 0. The topological polar surface area (TPSA) is 71.8 Å². The minimum Gasteiger partial charge on any atom is -0.465 e. The molecule has 114 valence electrons. The minimum atomic E-state index is -3.54. The van der Waals surface area contributed by atoms with Crippen molar-refractivity contribution in [3.05, 3.63) is 23.7 Å². The molecule has 20 heavy (non-hydrogen) atoms. The zero-order valence-electron chi connectivity index (χ0n) is 12.3. The van der Waals surface area contributed by atoms with Crippen LogP contribution in [0.3, 0.4) is 0 Å². The van der Waals surface area contributed by atoms with E-state index in [2.05, 4.69) is 4.72 Å². The Morgan fingerprint density at radius 2 is 1.90 bits per heavy atom. The molecule has 3 atom stereocenters. The molecular formula is C13H22N2O4S. The van der Waals surface area contributed by atoms with Crippen molar-refractivity contribution in [1.29, 1.82) is 0 Å². The highest BCUT2D eigenvalue weighted by Gasteiger charge is 2.32. The average molecular weight is 302 g/mol. The first-order valence-electron chi connectivity index (χ1n) is 6.77. The van der Waals surface area contributed by atoms with Crippen molar-refractivity contribution in [3.63, 3.8) is 0 Å². The van der Waals surface area contributed by atoms with E-state index in [4.69, 9.17) is 9.15 Å². The van der Waals surface area contributed by atoms with Crippen molar-refractivity contribution in [2.45, 2.75) is 45.9 Å². The molecule has 1 aromatic heterocycles. The molecule has 2 rings (SSSR count). The van der Waals surface area contributed by atoms with E-state index in [9.17, 15) is 8.42 Å². The molecule has 0 spiro atoms. The molecule has 0 bridgehead atoms. The standard InChI is InChI=1S/C13H22N2O4S/c1-9-5-6-13(19-9)12(4)14-20(16,17)15-7-10(2)18-11(3)8-15/h5-6,10-12,14H,7-8H2,1-4H3/t10-,11-,12-/m0/s1. The third-order valence-corrected chi connectivity index (χ3v) is 4.87. The van der Waals surface area contributed by atoms with Crippen LogP contribution in [0.2, 0.25) is 0 Å². The molecule has 0 aromatic carbocycles. The van der Waals surface area contributed by atoms with Crippen LogP contribution < -0.4 is 4.72 Å². The largest absolute Gasteiger partial charge is 0.465 e. The van der Waals surface area contributed by atoms with Crippen molar-refractivity contribution in [1.82, 2.24) is 9.03 Å². The highest BCUT2D eigenvalue weighted by molar-refractivity contribution is 7.87. The average Bonchev–Trinajstić information content (AvgIpc) is 2.74. The lowest BCUT2D eigenvalue weighted by Gasteiger charge is -2.34. The van der Waals surface area contributed by atoms with Gasteiger partial charge in [0.15, 0.2) is 0 Å². The number of ether oxygens (including phenoxy) is 1. The van der Waals surface area contributed by atoms with E-state index in [0.29, 0.717) is 18.8 Å². The summed E-state index contributed by atoms with van der Waals surface area (Å²) in [4.78, 5) is 0. The summed E-state index contributed by atoms with van der Waals surface area (Å²) in [5, 5.41) is 0. The molecule has 0 unspecified atom stereocenters. The molecule has 1 aliphatic rings. The van der Waals surface area contributed by atoms with Crippen LogP contribution in [0.1, 0.15) is 38.3 Å². The van der Waals surface area contributed by atoms with Crippen LogP contribution in [0.4, 0.5) is 0 Å². The summed E-state index contributed by atoms with van der Waals surface area (Å²) < 4.78 is 39.8. The third kappa shape index (κ3) is 3.60. The van der Waals surface area contributed by atoms with Crippen LogP contribution in [-0.4, -0.2) is 38.0 Å². The molecule has 0 aliphatic carbocycles. The predicted octanol–water partition coefficient (Wildman–Crippen LogP) is 1.59. The van der Waals surface area contributed by atoms with Crippen molar-refractivity contribution >= 4 is 10.2 Å². The number of aryl methyl sites for hydroxylation is 1.